The van der Waals surface area contributed by atoms with Crippen molar-refractivity contribution in [2.24, 2.45) is 0 Å². The lowest BCUT2D eigenvalue weighted by molar-refractivity contribution is -0.140. The number of carbonyl (C=O) groups excluding carboxylic acids is 2. The number of nitrogens with one attached hydrogen (secondary N) is 2. The molecular formula is C21H20F3N5O3. The first-order chi connectivity index (χ1) is 15.2. The SMILES string of the molecule is CNC(=O)N(C)c1c(NC(=O)OCc2ccccc2)c(C(F)(F)F)nn1-c1ccccc1. The van der Waals surface area contributed by atoms with E-state index in [0.29, 0.717) is 5.56 Å². The average molecular weight is 447 g/mol. The van der Waals surface area contributed by atoms with Crippen molar-refractivity contribution in [2.45, 2.75) is 12.8 Å². The summed E-state index contributed by atoms with van der Waals surface area (Å²) in [6.07, 6.45) is -6.04. The van der Waals surface area contributed by atoms with Gasteiger partial charge in [-0.1, -0.05) is 48.5 Å². The number of urea groups is 1. The van der Waals surface area contributed by atoms with Crippen molar-refractivity contribution in [2.75, 3.05) is 24.3 Å². The molecule has 0 aliphatic rings. The van der Waals surface area contributed by atoms with Gasteiger partial charge in [0.1, 0.15) is 12.3 Å². The van der Waals surface area contributed by atoms with Crippen LogP contribution in [0.5, 0.6) is 0 Å². The lowest BCUT2D eigenvalue weighted by atomic mass is 10.2. The largest absolute Gasteiger partial charge is 0.444 e. The average Bonchev–Trinajstić information content (AvgIpc) is 3.17. The molecule has 32 heavy (non-hydrogen) atoms. The third kappa shape index (κ3) is 4.99. The van der Waals surface area contributed by atoms with Crippen molar-refractivity contribution < 1.29 is 27.5 Å². The summed E-state index contributed by atoms with van der Waals surface area (Å²) in [7, 11) is 2.59. The number of carbonyl (C=O) groups is 2. The van der Waals surface area contributed by atoms with Crippen LogP contribution in [0.25, 0.3) is 5.69 Å². The molecule has 1 aromatic heterocycles. The highest BCUT2D eigenvalue weighted by molar-refractivity contribution is 5.98. The van der Waals surface area contributed by atoms with Crippen LogP contribution in [0.2, 0.25) is 0 Å². The summed E-state index contributed by atoms with van der Waals surface area (Å²) in [5.41, 5.74) is -1.16. The molecule has 0 bridgehead atoms. The van der Waals surface area contributed by atoms with E-state index in [-0.39, 0.29) is 18.1 Å². The van der Waals surface area contributed by atoms with Crippen molar-refractivity contribution >= 4 is 23.6 Å². The molecule has 0 aliphatic carbocycles. The number of ether oxygens (including phenoxy) is 1. The van der Waals surface area contributed by atoms with Gasteiger partial charge in [-0.25, -0.2) is 14.3 Å². The summed E-state index contributed by atoms with van der Waals surface area (Å²) in [6.45, 7) is -0.151. The van der Waals surface area contributed by atoms with E-state index in [9.17, 15) is 22.8 Å². The molecule has 0 radical (unpaired) electrons. The van der Waals surface area contributed by atoms with Crippen LogP contribution in [0.4, 0.5) is 34.3 Å². The molecule has 0 saturated carbocycles. The number of rotatable bonds is 5. The van der Waals surface area contributed by atoms with Crippen LogP contribution in [-0.2, 0) is 17.5 Å². The summed E-state index contributed by atoms with van der Waals surface area (Å²) in [5, 5.41) is 8.12. The number of hydrogen-bond donors (Lipinski definition) is 2. The highest BCUT2D eigenvalue weighted by Gasteiger charge is 2.42. The van der Waals surface area contributed by atoms with Gasteiger partial charge >= 0.3 is 18.3 Å². The number of aromatic nitrogens is 2. The normalized spacial score (nSPS) is 11.0. The second kappa shape index (κ2) is 9.41. The molecule has 0 atom stereocenters. The molecule has 1 heterocycles. The molecule has 0 saturated heterocycles. The van der Waals surface area contributed by atoms with E-state index < -0.39 is 29.7 Å². The Morgan fingerprint density at radius 1 is 1.06 bits per heavy atom. The van der Waals surface area contributed by atoms with E-state index in [0.717, 1.165) is 9.58 Å². The van der Waals surface area contributed by atoms with E-state index in [1.165, 1.54) is 26.2 Å². The first-order valence-electron chi connectivity index (χ1n) is 9.41. The van der Waals surface area contributed by atoms with Gasteiger partial charge in [0.05, 0.1) is 5.69 Å². The Morgan fingerprint density at radius 2 is 1.66 bits per heavy atom. The molecule has 0 unspecified atom stereocenters. The van der Waals surface area contributed by atoms with Crippen molar-refractivity contribution in [3.63, 3.8) is 0 Å². The minimum absolute atomic E-state index is 0.151. The molecule has 2 N–H and O–H groups in total. The van der Waals surface area contributed by atoms with Crippen LogP contribution in [0.3, 0.4) is 0 Å². The molecule has 0 aliphatic heterocycles. The fraction of sp³-hybridized carbons (Fsp3) is 0.190. The predicted octanol–water partition coefficient (Wildman–Crippen LogP) is 4.42. The van der Waals surface area contributed by atoms with Gasteiger partial charge in [0, 0.05) is 14.1 Å². The summed E-state index contributed by atoms with van der Waals surface area (Å²) in [5.74, 6) is -0.292. The lowest BCUT2D eigenvalue weighted by Gasteiger charge is -2.20. The van der Waals surface area contributed by atoms with Gasteiger partial charge in [0.25, 0.3) is 0 Å². The van der Waals surface area contributed by atoms with Gasteiger partial charge in [0.15, 0.2) is 11.5 Å². The quantitative estimate of drug-likeness (QED) is 0.606. The Hall–Kier alpha value is -4.02. The fourth-order valence-corrected chi connectivity index (χ4v) is 2.91. The van der Waals surface area contributed by atoms with Crippen molar-refractivity contribution in [3.8, 4) is 5.69 Å². The molecule has 11 heteroatoms. The lowest BCUT2D eigenvalue weighted by Crippen LogP contribution is -2.36. The van der Waals surface area contributed by atoms with Crippen molar-refractivity contribution in [3.05, 3.63) is 71.9 Å². The highest BCUT2D eigenvalue weighted by atomic mass is 19.4. The number of halogens is 3. The van der Waals surface area contributed by atoms with Gasteiger partial charge in [-0.15, -0.1) is 0 Å². The summed E-state index contributed by atoms with van der Waals surface area (Å²) in [6, 6.07) is 15.9. The minimum Gasteiger partial charge on any atom is -0.444 e. The Morgan fingerprint density at radius 3 is 2.22 bits per heavy atom. The highest BCUT2D eigenvalue weighted by Crippen LogP contribution is 2.41. The first kappa shape index (κ1) is 22.7. The summed E-state index contributed by atoms with van der Waals surface area (Å²) in [4.78, 5) is 25.5. The van der Waals surface area contributed by atoms with Gasteiger partial charge in [-0.05, 0) is 17.7 Å². The number of anilines is 2. The molecule has 3 rings (SSSR count). The molecular weight excluding hydrogens is 427 g/mol. The van der Waals surface area contributed by atoms with E-state index in [4.69, 9.17) is 4.74 Å². The zero-order chi connectivity index (χ0) is 23.3. The molecule has 168 valence electrons. The van der Waals surface area contributed by atoms with E-state index in [1.54, 1.807) is 48.5 Å². The maximum atomic E-state index is 13.8. The Labute approximate surface area is 181 Å². The third-order valence-electron chi connectivity index (χ3n) is 4.41. The van der Waals surface area contributed by atoms with E-state index in [1.807, 2.05) is 0 Å². The minimum atomic E-state index is -4.92. The third-order valence-corrected chi connectivity index (χ3v) is 4.41. The van der Waals surface area contributed by atoms with Crippen LogP contribution in [0.15, 0.2) is 60.7 Å². The molecule has 2 aromatic carbocycles. The van der Waals surface area contributed by atoms with E-state index in [2.05, 4.69) is 15.7 Å². The number of alkyl halides is 3. The summed E-state index contributed by atoms with van der Waals surface area (Å²) >= 11 is 0. The van der Waals surface area contributed by atoms with Crippen LogP contribution >= 0.6 is 0 Å². The Kier molecular flexibility index (Phi) is 6.67. The second-order valence-corrected chi connectivity index (χ2v) is 6.59. The maximum absolute atomic E-state index is 13.8. The number of hydrogen-bond acceptors (Lipinski definition) is 4. The van der Waals surface area contributed by atoms with Crippen LogP contribution < -0.4 is 15.5 Å². The second-order valence-electron chi connectivity index (χ2n) is 6.59. The van der Waals surface area contributed by atoms with Gasteiger partial charge < -0.3 is 10.1 Å². The smallest absolute Gasteiger partial charge is 0.437 e. The number of benzene rings is 2. The van der Waals surface area contributed by atoms with Crippen molar-refractivity contribution in [1.29, 1.82) is 0 Å². The zero-order valence-corrected chi connectivity index (χ0v) is 17.2. The molecule has 3 aromatic rings. The number of amides is 3. The van der Waals surface area contributed by atoms with Crippen LogP contribution in [-0.4, -0.2) is 36.0 Å². The number of nitrogens with zero attached hydrogens (tertiary/aromatic N) is 3. The Balaban J connectivity index is 2.04. The maximum Gasteiger partial charge on any atom is 0.437 e. The van der Waals surface area contributed by atoms with Gasteiger partial charge in [-0.3, -0.25) is 10.2 Å². The number of para-hydroxylation sites is 1. The topological polar surface area (TPSA) is 88.5 Å². The van der Waals surface area contributed by atoms with E-state index >= 15 is 0 Å². The van der Waals surface area contributed by atoms with Crippen LogP contribution in [0.1, 0.15) is 11.3 Å². The monoisotopic (exact) mass is 447 g/mol. The molecule has 8 nitrogen and oxygen atoms in total. The standard InChI is InChI=1S/C21H20F3N5O3/c1-25-19(30)28(2)18-16(26-20(31)32-13-14-9-5-3-6-10-14)17(21(22,23)24)27-29(18)15-11-7-4-8-12-15/h3-12H,13H2,1-2H3,(H,25,30)(H,26,31). The van der Waals surface area contributed by atoms with Crippen molar-refractivity contribution in [1.82, 2.24) is 15.1 Å². The predicted molar refractivity (Wildman–Crippen MR) is 112 cm³/mol. The molecule has 0 spiro atoms. The fourth-order valence-electron chi connectivity index (χ4n) is 2.91. The molecule has 3 amide bonds. The molecule has 0 fully saturated rings. The first-order valence-corrected chi connectivity index (χ1v) is 9.41. The van der Waals surface area contributed by atoms with Gasteiger partial charge in [-0.2, -0.15) is 18.3 Å². The Bertz CT molecular complexity index is 1090. The summed E-state index contributed by atoms with van der Waals surface area (Å²) < 4.78 is 47.5. The van der Waals surface area contributed by atoms with Gasteiger partial charge in [0.2, 0.25) is 0 Å². The zero-order valence-electron chi connectivity index (χ0n) is 17.2. The van der Waals surface area contributed by atoms with Crippen LogP contribution in [0, 0.1) is 0 Å².